The van der Waals surface area contributed by atoms with Gasteiger partial charge in [0.1, 0.15) is 5.75 Å². The molecule has 2 rings (SSSR count). The molecule has 2 nitrogen and oxygen atoms in total. The second-order valence-electron chi connectivity index (χ2n) is 3.80. The Labute approximate surface area is 90.7 Å². The molecule has 0 amide bonds. The molecule has 0 bridgehead atoms. The van der Waals surface area contributed by atoms with Crippen LogP contribution in [0.25, 0.3) is 0 Å². The predicted molar refractivity (Wildman–Crippen MR) is 53.4 cm³/mol. The van der Waals surface area contributed by atoms with Crippen LogP contribution in [-0.2, 0) is 5.41 Å². The van der Waals surface area contributed by atoms with Gasteiger partial charge in [-0.1, -0.05) is 17.7 Å². The van der Waals surface area contributed by atoms with Crippen LogP contribution in [0.1, 0.15) is 12.0 Å². The first-order valence-corrected chi connectivity index (χ1v) is 4.88. The lowest BCUT2D eigenvalue weighted by Gasteiger charge is -2.17. The molecule has 1 fully saturated rings. The highest BCUT2D eigenvalue weighted by Crippen LogP contribution is 2.63. The van der Waals surface area contributed by atoms with Crippen LogP contribution in [0.4, 0.5) is 8.78 Å². The number of phenolic OH excluding ortho intramolecular Hbond substituents is 1. The molecule has 0 radical (unpaired) electrons. The van der Waals surface area contributed by atoms with E-state index in [-0.39, 0.29) is 29.3 Å². The third kappa shape index (κ3) is 1.32. The Morgan fingerprint density at radius 2 is 2.07 bits per heavy atom. The zero-order valence-electron chi connectivity index (χ0n) is 7.80. The van der Waals surface area contributed by atoms with Crippen LogP contribution in [0.5, 0.6) is 5.75 Å². The van der Waals surface area contributed by atoms with Crippen LogP contribution in [0.3, 0.4) is 0 Å². The molecule has 1 atom stereocenters. The van der Waals surface area contributed by atoms with E-state index in [9.17, 15) is 13.9 Å². The highest BCUT2D eigenvalue weighted by molar-refractivity contribution is 6.31. The van der Waals surface area contributed by atoms with Gasteiger partial charge >= 0.3 is 0 Å². The fraction of sp³-hybridized carbons (Fsp3) is 0.400. The van der Waals surface area contributed by atoms with Crippen molar-refractivity contribution in [1.82, 2.24) is 0 Å². The number of nitrogens with two attached hydrogens (primary N) is 1. The van der Waals surface area contributed by atoms with Crippen molar-refractivity contribution >= 4 is 11.6 Å². The highest BCUT2D eigenvalue weighted by Gasteiger charge is 2.72. The summed E-state index contributed by atoms with van der Waals surface area (Å²) in [6.07, 6.45) is -0.353. The molecule has 3 N–H and O–H groups in total. The van der Waals surface area contributed by atoms with Gasteiger partial charge in [-0.3, -0.25) is 0 Å². The van der Waals surface area contributed by atoms with E-state index in [0.29, 0.717) is 0 Å². The Kier molecular flexibility index (Phi) is 2.17. The topological polar surface area (TPSA) is 46.2 Å². The lowest BCUT2D eigenvalue weighted by molar-refractivity contribution is 0.0889. The van der Waals surface area contributed by atoms with E-state index in [2.05, 4.69) is 0 Å². The zero-order chi connectivity index (χ0) is 11.3. The minimum Gasteiger partial charge on any atom is -0.508 e. The lowest BCUT2D eigenvalue weighted by atomic mass is 9.94. The molecular formula is C10H10ClF2NO. The number of aromatic hydroxyl groups is 1. The summed E-state index contributed by atoms with van der Waals surface area (Å²) in [5, 5.41) is 9.69. The highest BCUT2D eigenvalue weighted by atomic mass is 35.5. The maximum absolute atomic E-state index is 13.2. The summed E-state index contributed by atoms with van der Waals surface area (Å²) in [4.78, 5) is 0. The average Bonchev–Trinajstić information content (AvgIpc) is 2.69. The number of hydrogen-bond donors (Lipinski definition) is 2. The summed E-state index contributed by atoms with van der Waals surface area (Å²) >= 11 is 5.81. The molecule has 0 saturated heterocycles. The third-order valence-electron chi connectivity index (χ3n) is 2.92. The molecule has 82 valence electrons. The fourth-order valence-electron chi connectivity index (χ4n) is 1.92. The summed E-state index contributed by atoms with van der Waals surface area (Å²) in [7, 11) is 0. The van der Waals surface area contributed by atoms with Crippen molar-refractivity contribution in [2.45, 2.75) is 17.8 Å². The van der Waals surface area contributed by atoms with E-state index in [4.69, 9.17) is 17.3 Å². The third-order valence-corrected chi connectivity index (χ3v) is 3.23. The van der Waals surface area contributed by atoms with Gasteiger partial charge in [-0.25, -0.2) is 8.78 Å². The van der Waals surface area contributed by atoms with Crippen LogP contribution in [0, 0.1) is 0 Å². The number of benzene rings is 1. The minimum absolute atomic E-state index is 0.0687. The molecule has 1 saturated carbocycles. The van der Waals surface area contributed by atoms with Crippen LogP contribution < -0.4 is 5.73 Å². The Morgan fingerprint density at radius 1 is 1.47 bits per heavy atom. The summed E-state index contributed by atoms with van der Waals surface area (Å²) in [6.45, 7) is -0.225. The van der Waals surface area contributed by atoms with Crippen molar-refractivity contribution in [3.8, 4) is 5.75 Å². The summed E-state index contributed by atoms with van der Waals surface area (Å²) in [6, 6.07) is 4.32. The van der Waals surface area contributed by atoms with Crippen molar-refractivity contribution in [3.63, 3.8) is 0 Å². The van der Waals surface area contributed by atoms with Gasteiger partial charge in [-0.15, -0.1) is 0 Å². The monoisotopic (exact) mass is 233 g/mol. The number of hydrogen-bond acceptors (Lipinski definition) is 2. The first-order chi connectivity index (χ1) is 6.94. The van der Waals surface area contributed by atoms with Gasteiger partial charge in [0.15, 0.2) is 0 Å². The Bertz CT molecular complexity index is 390. The van der Waals surface area contributed by atoms with Gasteiger partial charge in [-0.05, 0) is 12.1 Å². The number of alkyl halides is 2. The van der Waals surface area contributed by atoms with E-state index < -0.39 is 11.3 Å². The van der Waals surface area contributed by atoms with Crippen molar-refractivity contribution in [2.75, 3.05) is 6.54 Å². The van der Waals surface area contributed by atoms with Gasteiger partial charge in [0.25, 0.3) is 5.92 Å². The van der Waals surface area contributed by atoms with Gasteiger partial charge in [0.05, 0.1) is 5.41 Å². The standard InChI is InChI=1S/C10H10ClF2NO/c11-6-2-1-3-7(15)8(6)9(5-14)4-10(9,12)13/h1-3,15H,4-5,14H2. The number of rotatable bonds is 2. The molecule has 1 aromatic rings. The smallest absolute Gasteiger partial charge is 0.260 e. The predicted octanol–water partition coefficient (Wildman–Crippen LogP) is 2.28. The molecule has 0 heterocycles. The number of halogens is 3. The first-order valence-electron chi connectivity index (χ1n) is 4.50. The van der Waals surface area contributed by atoms with E-state index >= 15 is 0 Å². The van der Waals surface area contributed by atoms with Crippen molar-refractivity contribution in [2.24, 2.45) is 5.73 Å². The quantitative estimate of drug-likeness (QED) is 0.823. The zero-order valence-corrected chi connectivity index (χ0v) is 8.56. The SMILES string of the molecule is NCC1(c2c(O)cccc2Cl)CC1(F)F. The fourth-order valence-corrected chi connectivity index (χ4v) is 2.27. The largest absolute Gasteiger partial charge is 0.508 e. The summed E-state index contributed by atoms with van der Waals surface area (Å²) < 4.78 is 26.5. The second-order valence-corrected chi connectivity index (χ2v) is 4.21. The van der Waals surface area contributed by atoms with Crippen molar-refractivity contribution in [3.05, 3.63) is 28.8 Å². The minimum atomic E-state index is -2.87. The molecule has 0 spiro atoms. The molecule has 1 aliphatic carbocycles. The number of phenols is 1. The molecular weight excluding hydrogens is 224 g/mol. The van der Waals surface area contributed by atoms with Crippen LogP contribution in [-0.4, -0.2) is 17.6 Å². The van der Waals surface area contributed by atoms with E-state index in [1.807, 2.05) is 0 Å². The van der Waals surface area contributed by atoms with E-state index in [1.54, 1.807) is 0 Å². The molecule has 0 aliphatic heterocycles. The molecule has 0 aromatic heterocycles. The lowest BCUT2D eigenvalue weighted by Crippen LogP contribution is -2.27. The maximum atomic E-state index is 13.2. The van der Waals surface area contributed by atoms with Crippen molar-refractivity contribution < 1.29 is 13.9 Å². The molecule has 1 unspecified atom stereocenters. The maximum Gasteiger partial charge on any atom is 0.260 e. The summed E-state index contributed by atoms with van der Waals surface area (Å²) in [5.41, 5.74) is 3.96. The first kappa shape index (κ1) is 10.6. The molecule has 1 aromatic carbocycles. The van der Waals surface area contributed by atoms with Crippen LogP contribution in [0.2, 0.25) is 5.02 Å². The van der Waals surface area contributed by atoms with E-state index in [1.165, 1.54) is 18.2 Å². The summed E-state index contributed by atoms with van der Waals surface area (Å²) in [5.74, 6) is -3.09. The van der Waals surface area contributed by atoms with Crippen LogP contribution in [0.15, 0.2) is 18.2 Å². The molecule has 1 aliphatic rings. The molecule has 5 heteroatoms. The van der Waals surface area contributed by atoms with Gasteiger partial charge < -0.3 is 10.8 Å². The Hall–Kier alpha value is -0.870. The molecule has 15 heavy (non-hydrogen) atoms. The normalized spacial score (nSPS) is 27.7. The Balaban J connectivity index is 2.55. The van der Waals surface area contributed by atoms with Gasteiger partial charge in [0.2, 0.25) is 0 Å². The second kappa shape index (κ2) is 3.06. The van der Waals surface area contributed by atoms with Crippen molar-refractivity contribution in [1.29, 1.82) is 0 Å². The average molecular weight is 234 g/mol. The van der Waals surface area contributed by atoms with Gasteiger partial charge in [-0.2, -0.15) is 0 Å². The van der Waals surface area contributed by atoms with Gasteiger partial charge in [0, 0.05) is 23.6 Å². The van der Waals surface area contributed by atoms with E-state index in [0.717, 1.165) is 0 Å². The Morgan fingerprint density at radius 3 is 2.47 bits per heavy atom. The van der Waals surface area contributed by atoms with Crippen LogP contribution >= 0.6 is 11.6 Å².